The molecule has 0 unspecified atom stereocenters. The molecule has 0 aromatic heterocycles. The number of hydrogen-bond donors (Lipinski definition) is 2. The molecule has 42 heavy (non-hydrogen) atoms. The first-order valence-electron chi connectivity index (χ1n) is 13.2. The van der Waals surface area contributed by atoms with Crippen molar-refractivity contribution in [3.63, 3.8) is 0 Å². The molecule has 216 valence electrons. The molecule has 0 atom stereocenters. The molecule has 0 heterocycles. The average molecular weight is 585 g/mol. The minimum absolute atomic E-state index is 0.0792. The zero-order valence-electron chi connectivity index (χ0n) is 23.4. The maximum Gasteiger partial charge on any atom is 0.264 e. The third kappa shape index (κ3) is 8.28. The van der Waals surface area contributed by atoms with Crippen LogP contribution in [0.4, 0.5) is 5.69 Å². The number of amides is 2. The summed E-state index contributed by atoms with van der Waals surface area (Å²) in [6.45, 7) is 3.65. The highest BCUT2D eigenvalue weighted by Gasteiger charge is 2.27. The molecule has 2 N–H and O–H groups in total. The van der Waals surface area contributed by atoms with Crippen LogP contribution >= 0.6 is 0 Å². The van der Waals surface area contributed by atoms with Crippen molar-refractivity contribution in [2.75, 3.05) is 17.5 Å². The monoisotopic (exact) mass is 584 g/mol. The van der Waals surface area contributed by atoms with E-state index in [9.17, 15) is 18.0 Å². The van der Waals surface area contributed by atoms with Gasteiger partial charge < -0.3 is 10.1 Å². The number of carbonyl (C=O) groups is 2. The predicted molar refractivity (Wildman–Crippen MR) is 163 cm³/mol. The summed E-state index contributed by atoms with van der Waals surface area (Å²) in [6.07, 6.45) is 1.43. The number of hydrazone groups is 1. The van der Waals surface area contributed by atoms with Crippen LogP contribution < -0.4 is 19.8 Å². The fraction of sp³-hybridized carbons (Fsp3) is 0.156. The Morgan fingerprint density at radius 3 is 2.17 bits per heavy atom. The summed E-state index contributed by atoms with van der Waals surface area (Å²) in [4.78, 5) is 24.9. The number of ether oxygens (including phenoxy) is 1. The van der Waals surface area contributed by atoms with Crippen molar-refractivity contribution in [2.24, 2.45) is 5.10 Å². The molecule has 0 aliphatic heterocycles. The lowest BCUT2D eigenvalue weighted by molar-refractivity contribution is -0.123. The Balaban J connectivity index is 1.33. The molecule has 0 fully saturated rings. The van der Waals surface area contributed by atoms with Gasteiger partial charge in [-0.1, -0.05) is 54.6 Å². The first-order valence-corrected chi connectivity index (χ1v) is 14.7. The van der Waals surface area contributed by atoms with Crippen LogP contribution in [-0.2, 0) is 26.2 Å². The fourth-order valence-electron chi connectivity index (χ4n) is 3.91. The van der Waals surface area contributed by atoms with Gasteiger partial charge in [-0.3, -0.25) is 13.9 Å². The summed E-state index contributed by atoms with van der Waals surface area (Å²) < 4.78 is 33.5. The molecule has 10 heteroatoms. The third-order valence-electron chi connectivity index (χ3n) is 6.38. The molecular weight excluding hydrogens is 552 g/mol. The summed E-state index contributed by atoms with van der Waals surface area (Å²) in [5.74, 6) is -0.344. The van der Waals surface area contributed by atoms with Crippen LogP contribution in [0, 0.1) is 13.8 Å². The quantitative estimate of drug-likeness (QED) is 0.190. The van der Waals surface area contributed by atoms with Crippen molar-refractivity contribution in [1.29, 1.82) is 0 Å². The largest absolute Gasteiger partial charge is 0.484 e. The third-order valence-corrected chi connectivity index (χ3v) is 8.17. The Hall–Kier alpha value is -4.96. The molecule has 4 rings (SSSR count). The van der Waals surface area contributed by atoms with Crippen LogP contribution in [0.25, 0.3) is 0 Å². The van der Waals surface area contributed by atoms with E-state index in [4.69, 9.17) is 4.74 Å². The van der Waals surface area contributed by atoms with Crippen molar-refractivity contribution >= 4 is 33.7 Å². The van der Waals surface area contributed by atoms with Gasteiger partial charge >= 0.3 is 0 Å². The Labute approximate surface area is 245 Å². The van der Waals surface area contributed by atoms with Crippen LogP contribution in [0.5, 0.6) is 5.75 Å². The highest BCUT2D eigenvalue weighted by molar-refractivity contribution is 7.92. The molecule has 0 saturated carbocycles. The van der Waals surface area contributed by atoms with Crippen LogP contribution in [0.2, 0.25) is 0 Å². The standard InChI is InChI=1S/C32H32N4O5S/c1-24-13-16-28(19-25(24)2)36(42(39,40)30-11-7-4-8-12-30)22-31(37)35-34-21-27-14-17-29(18-15-27)41-23-32(38)33-20-26-9-5-3-6-10-26/h3-19,21H,20,22-23H2,1-2H3,(H,33,38)(H,35,37)/b34-21-. The van der Waals surface area contributed by atoms with Gasteiger partial charge in [0.15, 0.2) is 6.61 Å². The molecule has 0 aliphatic carbocycles. The molecule has 0 saturated heterocycles. The molecule has 0 bridgehead atoms. The molecule has 0 aliphatic rings. The Kier molecular flexibility index (Phi) is 10.1. The number of hydrogen-bond acceptors (Lipinski definition) is 6. The van der Waals surface area contributed by atoms with E-state index in [2.05, 4.69) is 15.8 Å². The summed E-state index contributed by atoms with van der Waals surface area (Å²) in [5.41, 5.74) is 6.36. The molecule has 0 spiro atoms. The van der Waals surface area contributed by atoms with Crippen molar-refractivity contribution in [3.8, 4) is 5.75 Å². The predicted octanol–water partition coefficient (Wildman–Crippen LogP) is 4.34. The van der Waals surface area contributed by atoms with Crippen molar-refractivity contribution in [2.45, 2.75) is 25.3 Å². The lowest BCUT2D eigenvalue weighted by Crippen LogP contribution is -2.39. The van der Waals surface area contributed by atoms with Crippen LogP contribution in [0.15, 0.2) is 113 Å². The zero-order chi connectivity index (χ0) is 30.0. The number of sulfonamides is 1. The van der Waals surface area contributed by atoms with E-state index in [1.54, 1.807) is 54.6 Å². The lowest BCUT2D eigenvalue weighted by atomic mass is 10.1. The van der Waals surface area contributed by atoms with Gasteiger partial charge in [-0.15, -0.1) is 0 Å². The zero-order valence-corrected chi connectivity index (χ0v) is 24.2. The smallest absolute Gasteiger partial charge is 0.264 e. The SMILES string of the molecule is Cc1ccc(N(CC(=O)N/N=C\c2ccc(OCC(=O)NCc3ccccc3)cc2)S(=O)(=O)c2ccccc2)cc1C. The van der Waals surface area contributed by atoms with E-state index in [1.807, 2.05) is 50.2 Å². The maximum atomic E-state index is 13.5. The van der Waals surface area contributed by atoms with Crippen molar-refractivity contribution in [1.82, 2.24) is 10.7 Å². The average Bonchev–Trinajstić information content (AvgIpc) is 3.01. The first kappa shape index (κ1) is 30.0. The number of rotatable bonds is 12. The number of nitrogens with zero attached hydrogens (tertiary/aromatic N) is 2. The maximum absolute atomic E-state index is 13.5. The fourth-order valence-corrected chi connectivity index (χ4v) is 5.34. The van der Waals surface area contributed by atoms with Gasteiger partial charge in [0.05, 0.1) is 16.8 Å². The number of aryl methyl sites for hydroxylation is 2. The van der Waals surface area contributed by atoms with E-state index >= 15 is 0 Å². The number of carbonyl (C=O) groups excluding carboxylic acids is 2. The van der Waals surface area contributed by atoms with E-state index in [0.717, 1.165) is 21.0 Å². The molecule has 4 aromatic carbocycles. The van der Waals surface area contributed by atoms with Crippen LogP contribution in [0.3, 0.4) is 0 Å². The summed E-state index contributed by atoms with van der Waals surface area (Å²) in [5, 5.41) is 6.78. The number of anilines is 1. The van der Waals surface area contributed by atoms with Gasteiger partial charge in [0.2, 0.25) is 0 Å². The van der Waals surface area contributed by atoms with E-state index < -0.39 is 22.5 Å². The summed E-state index contributed by atoms with van der Waals surface area (Å²) in [6, 6.07) is 29.6. The van der Waals surface area contributed by atoms with Gasteiger partial charge in [-0.25, -0.2) is 13.8 Å². The normalized spacial score (nSPS) is 11.2. The second-order valence-corrected chi connectivity index (χ2v) is 11.4. The van der Waals surface area contributed by atoms with Gasteiger partial charge in [0, 0.05) is 6.54 Å². The van der Waals surface area contributed by atoms with Crippen molar-refractivity contribution in [3.05, 3.63) is 125 Å². The summed E-state index contributed by atoms with van der Waals surface area (Å²) >= 11 is 0. The minimum Gasteiger partial charge on any atom is -0.484 e. The second-order valence-electron chi connectivity index (χ2n) is 9.51. The topological polar surface area (TPSA) is 117 Å². The Morgan fingerprint density at radius 2 is 1.50 bits per heavy atom. The molecular formula is C32H32N4O5S. The number of benzene rings is 4. The highest BCUT2D eigenvalue weighted by Crippen LogP contribution is 2.25. The highest BCUT2D eigenvalue weighted by atomic mass is 32.2. The molecule has 2 amide bonds. The van der Waals surface area contributed by atoms with Gasteiger partial charge in [0.1, 0.15) is 12.3 Å². The van der Waals surface area contributed by atoms with Crippen LogP contribution in [0.1, 0.15) is 22.3 Å². The summed E-state index contributed by atoms with van der Waals surface area (Å²) in [7, 11) is -4.01. The van der Waals surface area contributed by atoms with Gasteiger partial charge in [-0.05, 0) is 84.6 Å². The second kappa shape index (κ2) is 14.1. The Bertz CT molecular complexity index is 1640. The van der Waals surface area contributed by atoms with Crippen LogP contribution in [-0.4, -0.2) is 39.6 Å². The molecule has 4 aromatic rings. The first-order chi connectivity index (χ1) is 20.2. The van der Waals surface area contributed by atoms with Gasteiger partial charge in [-0.2, -0.15) is 5.10 Å². The van der Waals surface area contributed by atoms with E-state index in [1.165, 1.54) is 18.3 Å². The van der Waals surface area contributed by atoms with Gasteiger partial charge in [0.25, 0.3) is 21.8 Å². The molecule has 0 radical (unpaired) electrons. The minimum atomic E-state index is -4.01. The lowest BCUT2D eigenvalue weighted by Gasteiger charge is -2.24. The van der Waals surface area contributed by atoms with E-state index in [0.29, 0.717) is 23.5 Å². The molecule has 9 nitrogen and oxygen atoms in total. The number of nitrogens with one attached hydrogen (secondary N) is 2. The van der Waals surface area contributed by atoms with Crippen molar-refractivity contribution < 1.29 is 22.7 Å². The van der Waals surface area contributed by atoms with E-state index in [-0.39, 0.29) is 17.4 Å². The Morgan fingerprint density at radius 1 is 0.833 bits per heavy atom.